The second-order valence-corrected chi connectivity index (χ2v) is 4.29. The van der Waals surface area contributed by atoms with Gasteiger partial charge in [0.25, 0.3) is 5.91 Å². The lowest BCUT2D eigenvalue weighted by atomic mass is 10.1. The molecule has 21 heavy (non-hydrogen) atoms. The van der Waals surface area contributed by atoms with E-state index in [1.54, 1.807) is 25.1 Å². The van der Waals surface area contributed by atoms with Crippen LogP contribution >= 0.6 is 0 Å². The maximum absolute atomic E-state index is 11.8. The number of hydrazone groups is 2. The van der Waals surface area contributed by atoms with Crippen LogP contribution in [0.1, 0.15) is 12.5 Å². The molecule has 1 unspecified atom stereocenters. The van der Waals surface area contributed by atoms with Crippen molar-refractivity contribution in [1.82, 2.24) is 10.9 Å². The van der Waals surface area contributed by atoms with Crippen LogP contribution in [-0.2, 0) is 9.59 Å². The Hall–Kier alpha value is -2.90. The Morgan fingerprint density at radius 2 is 2.33 bits per heavy atom. The molecule has 1 heterocycles. The minimum Gasteiger partial charge on any atom is -0.504 e. The Morgan fingerprint density at radius 3 is 2.95 bits per heavy atom. The minimum absolute atomic E-state index is 0.0621. The molecule has 1 aromatic carbocycles. The molecule has 2 amide bonds. The van der Waals surface area contributed by atoms with Gasteiger partial charge in [0.15, 0.2) is 11.5 Å². The predicted octanol–water partition coefficient (Wildman–Crippen LogP) is -0.0272. The summed E-state index contributed by atoms with van der Waals surface area (Å²) in [6.07, 6.45) is 1.27. The van der Waals surface area contributed by atoms with Crippen LogP contribution < -0.4 is 15.6 Å². The Balaban J connectivity index is 2.03. The second kappa shape index (κ2) is 6.04. The highest BCUT2D eigenvalue weighted by Crippen LogP contribution is 2.27. The highest BCUT2D eigenvalue weighted by molar-refractivity contribution is 6.44. The molecular weight excluding hydrogens is 276 g/mol. The molecule has 1 atom stereocenters. The van der Waals surface area contributed by atoms with Gasteiger partial charge in [-0.2, -0.15) is 10.2 Å². The lowest BCUT2D eigenvalue weighted by molar-refractivity contribution is -0.122. The van der Waals surface area contributed by atoms with Crippen molar-refractivity contribution in [3.05, 3.63) is 23.8 Å². The van der Waals surface area contributed by atoms with Crippen LogP contribution in [0.15, 0.2) is 28.4 Å². The van der Waals surface area contributed by atoms with E-state index >= 15 is 0 Å². The van der Waals surface area contributed by atoms with E-state index in [4.69, 9.17) is 4.74 Å². The van der Waals surface area contributed by atoms with Gasteiger partial charge in [-0.1, -0.05) is 6.07 Å². The number of nitrogens with one attached hydrogen (secondary N) is 2. The average molecular weight is 290 g/mol. The van der Waals surface area contributed by atoms with E-state index in [1.165, 1.54) is 13.3 Å². The molecule has 1 aromatic rings. The highest BCUT2D eigenvalue weighted by atomic mass is 16.5. The van der Waals surface area contributed by atoms with Crippen molar-refractivity contribution in [3.8, 4) is 11.5 Å². The number of carbonyl (C=O) groups is 2. The first kappa shape index (κ1) is 14.5. The molecule has 2 rings (SSSR count). The molecule has 1 aliphatic rings. The number of methoxy groups -OCH3 is 1. The van der Waals surface area contributed by atoms with E-state index in [-0.39, 0.29) is 17.4 Å². The number of para-hydroxylation sites is 1. The largest absolute Gasteiger partial charge is 0.504 e. The van der Waals surface area contributed by atoms with E-state index < -0.39 is 11.8 Å². The summed E-state index contributed by atoms with van der Waals surface area (Å²) in [5, 5.41) is 17.2. The first-order valence-corrected chi connectivity index (χ1v) is 6.11. The maximum atomic E-state index is 11.8. The van der Waals surface area contributed by atoms with Crippen LogP contribution in [0.25, 0.3) is 0 Å². The third-order valence-electron chi connectivity index (χ3n) is 2.94. The van der Waals surface area contributed by atoms with Crippen LogP contribution in [0.2, 0.25) is 0 Å². The third kappa shape index (κ3) is 2.99. The van der Waals surface area contributed by atoms with Crippen LogP contribution in [0.3, 0.4) is 0 Å². The van der Waals surface area contributed by atoms with Crippen molar-refractivity contribution in [2.45, 2.75) is 6.92 Å². The molecule has 1 aliphatic heterocycles. The lowest BCUT2D eigenvalue weighted by Gasteiger charge is -2.05. The summed E-state index contributed by atoms with van der Waals surface area (Å²) in [6, 6.07) is 4.87. The monoisotopic (exact) mass is 290 g/mol. The molecule has 0 bridgehead atoms. The van der Waals surface area contributed by atoms with Gasteiger partial charge in [0, 0.05) is 5.56 Å². The van der Waals surface area contributed by atoms with Crippen LogP contribution in [0, 0.1) is 5.92 Å². The molecule has 0 radical (unpaired) electrons. The molecule has 0 saturated heterocycles. The van der Waals surface area contributed by atoms with E-state index in [2.05, 4.69) is 21.1 Å². The molecule has 8 nitrogen and oxygen atoms in total. The first-order chi connectivity index (χ1) is 10.0. The summed E-state index contributed by atoms with van der Waals surface area (Å²) < 4.78 is 4.96. The summed E-state index contributed by atoms with van der Waals surface area (Å²) in [5.41, 5.74) is 4.90. The number of benzene rings is 1. The number of hydrogen-bond acceptors (Lipinski definition) is 6. The van der Waals surface area contributed by atoms with Crippen LogP contribution in [0.4, 0.5) is 0 Å². The van der Waals surface area contributed by atoms with Crippen molar-refractivity contribution in [2.24, 2.45) is 16.1 Å². The number of phenols is 1. The molecule has 0 spiro atoms. The number of ether oxygens (including phenoxy) is 1. The van der Waals surface area contributed by atoms with Gasteiger partial charge in [0.05, 0.1) is 19.2 Å². The normalized spacial score (nSPS) is 17.5. The van der Waals surface area contributed by atoms with Crippen LogP contribution in [-0.4, -0.2) is 36.0 Å². The van der Waals surface area contributed by atoms with Crippen molar-refractivity contribution < 1.29 is 19.4 Å². The third-order valence-corrected chi connectivity index (χ3v) is 2.94. The number of phenolic OH excluding ortho intramolecular Hbond substituents is 1. The predicted molar refractivity (Wildman–Crippen MR) is 75.1 cm³/mol. The zero-order chi connectivity index (χ0) is 15.4. The van der Waals surface area contributed by atoms with Gasteiger partial charge < -0.3 is 9.84 Å². The average Bonchev–Trinajstić information content (AvgIpc) is 2.81. The zero-order valence-corrected chi connectivity index (χ0v) is 11.5. The van der Waals surface area contributed by atoms with Crippen molar-refractivity contribution >= 4 is 23.7 Å². The smallest absolute Gasteiger partial charge is 0.288 e. The highest BCUT2D eigenvalue weighted by Gasteiger charge is 2.30. The Morgan fingerprint density at radius 1 is 1.57 bits per heavy atom. The number of hydrogen-bond donors (Lipinski definition) is 3. The van der Waals surface area contributed by atoms with Gasteiger partial charge in [0.2, 0.25) is 5.91 Å². The van der Waals surface area contributed by atoms with Crippen molar-refractivity contribution in [3.63, 3.8) is 0 Å². The minimum atomic E-state index is -0.620. The number of rotatable bonds is 4. The van der Waals surface area contributed by atoms with E-state index in [0.29, 0.717) is 11.3 Å². The fourth-order valence-corrected chi connectivity index (χ4v) is 1.71. The SMILES string of the molecule is COc1cccc(/C=N/NC(=O)C2=NNC(=O)C2C)c1O. The molecule has 0 aliphatic carbocycles. The summed E-state index contributed by atoms with van der Waals surface area (Å²) in [7, 11) is 1.43. The summed E-state index contributed by atoms with van der Waals surface area (Å²) in [5.74, 6) is -1.32. The Kier molecular flexibility index (Phi) is 4.17. The fourth-order valence-electron chi connectivity index (χ4n) is 1.71. The second-order valence-electron chi connectivity index (χ2n) is 4.29. The maximum Gasteiger partial charge on any atom is 0.288 e. The summed E-state index contributed by atoms with van der Waals surface area (Å²) in [6.45, 7) is 1.57. The van der Waals surface area contributed by atoms with Gasteiger partial charge in [-0.25, -0.2) is 10.9 Å². The number of nitrogens with zero attached hydrogens (tertiary/aromatic N) is 2. The topological polar surface area (TPSA) is 112 Å². The quantitative estimate of drug-likeness (QED) is 0.534. The molecule has 110 valence electrons. The van der Waals surface area contributed by atoms with E-state index in [9.17, 15) is 14.7 Å². The number of amides is 2. The molecular formula is C13H14N4O4. The zero-order valence-electron chi connectivity index (χ0n) is 11.5. The summed E-state index contributed by atoms with van der Waals surface area (Å²) in [4.78, 5) is 23.0. The molecule has 3 N–H and O–H groups in total. The van der Waals surface area contributed by atoms with Crippen molar-refractivity contribution in [1.29, 1.82) is 0 Å². The number of aromatic hydroxyl groups is 1. The fraction of sp³-hybridized carbons (Fsp3) is 0.231. The molecule has 0 fully saturated rings. The van der Waals surface area contributed by atoms with Crippen molar-refractivity contribution in [2.75, 3.05) is 7.11 Å². The van der Waals surface area contributed by atoms with Gasteiger partial charge in [-0.15, -0.1) is 0 Å². The van der Waals surface area contributed by atoms with Gasteiger partial charge in [-0.05, 0) is 19.1 Å². The Labute approximate surface area is 120 Å². The molecule has 0 saturated carbocycles. The van der Waals surface area contributed by atoms with Gasteiger partial charge in [0.1, 0.15) is 5.71 Å². The van der Waals surface area contributed by atoms with Gasteiger partial charge in [-0.3, -0.25) is 9.59 Å². The van der Waals surface area contributed by atoms with E-state index in [1.807, 2.05) is 0 Å². The summed E-state index contributed by atoms with van der Waals surface area (Å²) >= 11 is 0. The van der Waals surface area contributed by atoms with E-state index in [0.717, 1.165) is 0 Å². The number of carbonyl (C=O) groups excluding carboxylic acids is 2. The lowest BCUT2D eigenvalue weighted by Crippen LogP contribution is -2.32. The van der Waals surface area contributed by atoms with Gasteiger partial charge >= 0.3 is 0 Å². The first-order valence-electron chi connectivity index (χ1n) is 6.11. The Bertz CT molecular complexity index is 639. The standard InChI is InChI=1S/C13H14N4O4/c1-7-10(15-17-12(7)19)13(20)16-14-6-8-4-3-5-9(21-2)11(8)18/h3-7,18H,1-2H3,(H,16,20)(H,17,19)/b14-6+. The molecule has 8 heteroatoms. The van der Waals surface area contributed by atoms with Crippen LogP contribution in [0.5, 0.6) is 11.5 Å². The molecule has 0 aromatic heterocycles.